The molecule has 21 heavy (non-hydrogen) atoms. The van der Waals surface area contributed by atoms with Crippen LogP contribution in [0.5, 0.6) is 5.75 Å². The zero-order valence-electron chi connectivity index (χ0n) is 11.5. The minimum absolute atomic E-state index is 0.0806. The van der Waals surface area contributed by atoms with Gasteiger partial charge < -0.3 is 10.5 Å². The predicted octanol–water partition coefficient (Wildman–Crippen LogP) is 3.06. The molecule has 1 aromatic heterocycles. The van der Waals surface area contributed by atoms with Gasteiger partial charge in [0.1, 0.15) is 11.3 Å². The number of benzene rings is 2. The van der Waals surface area contributed by atoms with Crippen LogP contribution in [0.4, 0.5) is 5.69 Å². The summed E-state index contributed by atoms with van der Waals surface area (Å²) in [6, 6.07) is 14.1. The van der Waals surface area contributed by atoms with Crippen LogP contribution < -0.4 is 10.5 Å². The summed E-state index contributed by atoms with van der Waals surface area (Å²) in [4.78, 5) is 17.0. The van der Waals surface area contributed by atoms with E-state index in [4.69, 9.17) is 10.5 Å². The molecule has 0 fully saturated rings. The molecule has 104 valence electrons. The van der Waals surface area contributed by atoms with Gasteiger partial charge in [0.2, 0.25) is 0 Å². The molecule has 0 amide bonds. The van der Waals surface area contributed by atoms with Crippen LogP contribution in [0.3, 0.4) is 0 Å². The molecule has 4 heteroatoms. The maximum Gasteiger partial charge on any atom is 0.193 e. The fraction of sp³-hybridized carbons (Fsp3) is 0.0588. The molecule has 0 atom stereocenters. The Morgan fingerprint density at radius 2 is 2.00 bits per heavy atom. The SMILES string of the molecule is COc1ccc(C(=O)c2cccc(N)c2)c2cccnc12. The third-order valence-electron chi connectivity index (χ3n) is 3.35. The molecule has 4 nitrogen and oxygen atoms in total. The number of nitrogens with zero attached hydrogens (tertiary/aromatic N) is 1. The van der Waals surface area contributed by atoms with E-state index in [0.29, 0.717) is 28.1 Å². The monoisotopic (exact) mass is 278 g/mol. The maximum atomic E-state index is 12.7. The lowest BCUT2D eigenvalue weighted by Gasteiger charge is -2.09. The van der Waals surface area contributed by atoms with Gasteiger partial charge in [-0.15, -0.1) is 0 Å². The van der Waals surface area contributed by atoms with Crippen LogP contribution in [-0.2, 0) is 0 Å². The summed E-state index contributed by atoms with van der Waals surface area (Å²) >= 11 is 0. The van der Waals surface area contributed by atoms with E-state index in [1.165, 1.54) is 0 Å². The van der Waals surface area contributed by atoms with Crippen molar-refractivity contribution < 1.29 is 9.53 Å². The molecule has 2 aromatic carbocycles. The smallest absolute Gasteiger partial charge is 0.193 e. The number of ether oxygens (including phenoxy) is 1. The van der Waals surface area contributed by atoms with Crippen molar-refractivity contribution in [1.82, 2.24) is 4.98 Å². The zero-order valence-corrected chi connectivity index (χ0v) is 11.5. The summed E-state index contributed by atoms with van der Waals surface area (Å²) in [5, 5.41) is 0.768. The normalized spacial score (nSPS) is 10.5. The predicted molar refractivity (Wildman–Crippen MR) is 82.6 cm³/mol. The molecule has 0 saturated carbocycles. The molecule has 0 saturated heterocycles. The van der Waals surface area contributed by atoms with E-state index in [9.17, 15) is 4.79 Å². The van der Waals surface area contributed by atoms with Gasteiger partial charge in [-0.2, -0.15) is 0 Å². The average Bonchev–Trinajstić information content (AvgIpc) is 2.53. The molecule has 0 unspecified atom stereocenters. The molecule has 0 radical (unpaired) electrons. The van der Waals surface area contributed by atoms with Gasteiger partial charge in [0.15, 0.2) is 5.78 Å². The molecule has 0 aliphatic heterocycles. The van der Waals surface area contributed by atoms with Gasteiger partial charge in [-0.05, 0) is 30.3 Å². The molecule has 0 aliphatic rings. The van der Waals surface area contributed by atoms with Crippen LogP contribution in [0, 0.1) is 0 Å². The summed E-state index contributed by atoms with van der Waals surface area (Å²) in [6.07, 6.45) is 1.68. The van der Waals surface area contributed by atoms with Crippen LogP contribution in [0.1, 0.15) is 15.9 Å². The van der Waals surface area contributed by atoms with Crippen molar-refractivity contribution in [3.8, 4) is 5.75 Å². The molecule has 0 bridgehead atoms. The molecule has 0 spiro atoms. The van der Waals surface area contributed by atoms with Gasteiger partial charge in [-0.25, -0.2) is 0 Å². The second-order valence-electron chi connectivity index (χ2n) is 4.67. The summed E-state index contributed by atoms with van der Waals surface area (Å²) in [5.41, 5.74) is 8.14. The second kappa shape index (κ2) is 5.25. The standard InChI is InChI=1S/C17H14N2O2/c1-21-15-8-7-14(13-6-3-9-19-16(13)15)17(20)11-4-2-5-12(18)10-11/h2-10H,18H2,1H3. The highest BCUT2D eigenvalue weighted by Gasteiger charge is 2.15. The Bertz CT molecular complexity index is 828. The number of methoxy groups -OCH3 is 1. The molecular formula is C17H14N2O2. The minimum atomic E-state index is -0.0806. The number of rotatable bonds is 3. The number of carbonyl (C=O) groups excluding carboxylic acids is 1. The number of hydrogen-bond donors (Lipinski definition) is 1. The Kier molecular flexibility index (Phi) is 3.28. The van der Waals surface area contributed by atoms with Crippen LogP contribution in [0.2, 0.25) is 0 Å². The quantitative estimate of drug-likeness (QED) is 0.590. The highest BCUT2D eigenvalue weighted by atomic mass is 16.5. The first kappa shape index (κ1) is 13.1. The number of nitrogens with two attached hydrogens (primary N) is 1. The van der Waals surface area contributed by atoms with Crippen molar-refractivity contribution in [1.29, 1.82) is 0 Å². The maximum absolute atomic E-state index is 12.7. The molecule has 3 aromatic rings. The first-order valence-corrected chi connectivity index (χ1v) is 6.52. The van der Waals surface area contributed by atoms with E-state index in [1.807, 2.05) is 6.07 Å². The fourth-order valence-corrected chi connectivity index (χ4v) is 2.34. The number of nitrogen functional groups attached to an aromatic ring is 1. The van der Waals surface area contributed by atoms with Gasteiger partial charge in [0, 0.05) is 28.4 Å². The Balaban J connectivity index is 2.19. The average molecular weight is 278 g/mol. The van der Waals surface area contributed by atoms with Gasteiger partial charge in [-0.3, -0.25) is 9.78 Å². The van der Waals surface area contributed by atoms with Crippen LogP contribution >= 0.6 is 0 Å². The van der Waals surface area contributed by atoms with Crippen LogP contribution in [-0.4, -0.2) is 17.9 Å². The number of pyridine rings is 1. The van der Waals surface area contributed by atoms with E-state index in [0.717, 1.165) is 5.39 Å². The lowest BCUT2D eigenvalue weighted by atomic mass is 9.98. The third kappa shape index (κ3) is 2.31. The van der Waals surface area contributed by atoms with Crippen molar-refractivity contribution in [2.75, 3.05) is 12.8 Å². The Labute approximate surface area is 122 Å². The summed E-state index contributed by atoms with van der Waals surface area (Å²) < 4.78 is 5.29. The van der Waals surface area contributed by atoms with E-state index < -0.39 is 0 Å². The third-order valence-corrected chi connectivity index (χ3v) is 3.35. The molecule has 1 heterocycles. The molecular weight excluding hydrogens is 264 g/mol. The van der Waals surface area contributed by atoms with Gasteiger partial charge in [-0.1, -0.05) is 18.2 Å². The van der Waals surface area contributed by atoms with Crippen LogP contribution in [0.25, 0.3) is 10.9 Å². The van der Waals surface area contributed by atoms with E-state index in [2.05, 4.69) is 4.98 Å². The Morgan fingerprint density at radius 3 is 2.76 bits per heavy atom. The van der Waals surface area contributed by atoms with E-state index in [-0.39, 0.29) is 5.78 Å². The fourth-order valence-electron chi connectivity index (χ4n) is 2.34. The minimum Gasteiger partial charge on any atom is -0.494 e. The lowest BCUT2D eigenvalue weighted by molar-refractivity contribution is 0.104. The summed E-state index contributed by atoms with van der Waals surface area (Å²) in [5.74, 6) is 0.567. The number of ketones is 1. The van der Waals surface area contributed by atoms with E-state index >= 15 is 0 Å². The van der Waals surface area contributed by atoms with Crippen molar-refractivity contribution in [2.24, 2.45) is 0 Å². The van der Waals surface area contributed by atoms with Crippen molar-refractivity contribution in [3.05, 3.63) is 65.9 Å². The van der Waals surface area contributed by atoms with Crippen LogP contribution in [0.15, 0.2) is 54.7 Å². The molecule has 2 N–H and O–H groups in total. The largest absolute Gasteiger partial charge is 0.494 e. The highest BCUT2D eigenvalue weighted by Crippen LogP contribution is 2.28. The van der Waals surface area contributed by atoms with Gasteiger partial charge in [0.05, 0.1) is 7.11 Å². The van der Waals surface area contributed by atoms with Gasteiger partial charge in [0.25, 0.3) is 0 Å². The summed E-state index contributed by atoms with van der Waals surface area (Å²) in [6.45, 7) is 0. The Hall–Kier alpha value is -2.88. The second-order valence-corrected chi connectivity index (χ2v) is 4.67. The topological polar surface area (TPSA) is 65.2 Å². The lowest BCUT2D eigenvalue weighted by Crippen LogP contribution is -2.04. The van der Waals surface area contributed by atoms with Gasteiger partial charge >= 0.3 is 0 Å². The number of carbonyl (C=O) groups is 1. The first-order chi connectivity index (χ1) is 10.2. The first-order valence-electron chi connectivity index (χ1n) is 6.52. The van der Waals surface area contributed by atoms with Crippen molar-refractivity contribution in [3.63, 3.8) is 0 Å². The number of hydrogen-bond acceptors (Lipinski definition) is 4. The Morgan fingerprint density at radius 1 is 1.14 bits per heavy atom. The number of anilines is 1. The number of aromatic nitrogens is 1. The molecule has 3 rings (SSSR count). The van der Waals surface area contributed by atoms with E-state index in [1.54, 1.807) is 55.8 Å². The number of fused-ring (bicyclic) bond motifs is 1. The zero-order chi connectivity index (χ0) is 14.8. The highest BCUT2D eigenvalue weighted by molar-refractivity contribution is 6.16. The molecule has 0 aliphatic carbocycles. The van der Waals surface area contributed by atoms with Crippen molar-refractivity contribution >= 4 is 22.4 Å². The summed E-state index contributed by atoms with van der Waals surface area (Å²) in [7, 11) is 1.59. The van der Waals surface area contributed by atoms with Crippen molar-refractivity contribution in [2.45, 2.75) is 0 Å².